The minimum atomic E-state index is -0.214. The molecule has 0 radical (unpaired) electrons. The first-order valence-corrected chi connectivity index (χ1v) is 11.8. The molecule has 1 amide bonds. The number of hydrogen-bond acceptors (Lipinski definition) is 7. The molecule has 1 aromatic carbocycles. The summed E-state index contributed by atoms with van der Waals surface area (Å²) in [6.07, 6.45) is 11.3. The summed E-state index contributed by atoms with van der Waals surface area (Å²) in [5.74, 6) is 1.71. The molecule has 0 unspecified atom stereocenters. The fraction of sp³-hybridized carbons (Fsp3) is 0.222. The number of anilines is 2. The van der Waals surface area contributed by atoms with Crippen molar-refractivity contribution in [3.05, 3.63) is 84.6 Å². The molecule has 9 nitrogen and oxygen atoms in total. The summed E-state index contributed by atoms with van der Waals surface area (Å²) < 4.78 is 2.05. The number of nitrogen functional groups attached to an aromatic ring is 1. The van der Waals surface area contributed by atoms with E-state index in [1.54, 1.807) is 49.7 Å². The summed E-state index contributed by atoms with van der Waals surface area (Å²) >= 11 is 0. The fourth-order valence-corrected chi connectivity index (χ4v) is 4.24. The van der Waals surface area contributed by atoms with Gasteiger partial charge in [-0.25, -0.2) is 15.0 Å². The molecule has 0 bridgehead atoms. The Hall–Kier alpha value is -4.37. The molecular formula is C27H29N7O2. The Bertz CT molecular complexity index is 1360. The van der Waals surface area contributed by atoms with Crippen molar-refractivity contribution in [3.63, 3.8) is 0 Å². The maximum Gasteiger partial charge on any atom is 0.256 e. The molecule has 0 saturated carbocycles. The first kappa shape index (κ1) is 24.7. The van der Waals surface area contributed by atoms with E-state index < -0.39 is 0 Å². The summed E-state index contributed by atoms with van der Waals surface area (Å²) in [6.45, 7) is 2.85. The Kier molecular flexibility index (Phi) is 7.82. The van der Waals surface area contributed by atoms with Crippen molar-refractivity contribution >= 4 is 29.3 Å². The number of amides is 1. The van der Waals surface area contributed by atoms with Gasteiger partial charge < -0.3 is 11.1 Å². The Morgan fingerprint density at radius 3 is 2.56 bits per heavy atom. The number of benzene rings is 1. The summed E-state index contributed by atoms with van der Waals surface area (Å²) in [5.41, 5.74) is 9.25. The zero-order valence-electron chi connectivity index (χ0n) is 20.3. The van der Waals surface area contributed by atoms with Gasteiger partial charge in [0.2, 0.25) is 0 Å². The third-order valence-electron chi connectivity index (χ3n) is 6.03. The lowest BCUT2D eigenvalue weighted by molar-refractivity contribution is -0.104. The Labute approximate surface area is 209 Å². The van der Waals surface area contributed by atoms with Crippen LogP contribution in [0.3, 0.4) is 0 Å². The van der Waals surface area contributed by atoms with E-state index in [0.717, 1.165) is 48.3 Å². The first-order valence-electron chi connectivity index (χ1n) is 11.8. The average molecular weight is 484 g/mol. The maximum absolute atomic E-state index is 12.5. The highest BCUT2D eigenvalue weighted by Crippen LogP contribution is 2.35. The minimum absolute atomic E-state index is 0.214. The van der Waals surface area contributed by atoms with Gasteiger partial charge in [-0.2, -0.15) is 0 Å². The second-order valence-corrected chi connectivity index (χ2v) is 8.40. The normalized spacial score (nSPS) is 15.6. The van der Waals surface area contributed by atoms with E-state index >= 15 is 0 Å². The smallest absolute Gasteiger partial charge is 0.256 e. The number of carbonyl (C=O) groups excluding carboxylic acids is 2. The lowest BCUT2D eigenvalue weighted by Gasteiger charge is -2.18. The van der Waals surface area contributed by atoms with Crippen LogP contribution in [-0.4, -0.2) is 50.0 Å². The van der Waals surface area contributed by atoms with Gasteiger partial charge in [0, 0.05) is 29.7 Å². The summed E-state index contributed by atoms with van der Waals surface area (Å²) in [6, 6.07) is 13.0. The highest BCUT2D eigenvalue weighted by Gasteiger charge is 2.28. The fourth-order valence-electron chi connectivity index (χ4n) is 4.24. The third-order valence-corrected chi connectivity index (χ3v) is 6.03. The van der Waals surface area contributed by atoms with E-state index in [4.69, 9.17) is 10.7 Å². The van der Waals surface area contributed by atoms with E-state index in [1.807, 2.05) is 28.8 Å². The molecule has 3 N–H and O–H groups in total. The first-order chi connectivity index (χ1) is 17.5. The topological polar surface area (TPSA) is 119 Å². The molecule has 4 heterocycles. The van der Waals surface area contributed by atoms with E-state index in [9.17, 15) is 9.59 Å². The molecule has 1 fully saturated rings. The highest BCUT2D eigenvalue weighted by atomic mass is 16.1. The molecule has 184 valence electrons. The van der Waals surface area contributed by atoms with Crippen LogP contribution < -0.4 is 11.1 Å². The van der Waals surface area contributed by atoms with Crippen molar-refractivity contribution in [1.82, 2.24) is 24.3 Å². The number of hydrogen-bond donors (Lipinski definition) is 2. The molecule has 0 spiro atoms. The van der Waals surface area contributed by atoms with E-state index in [1.165, 1.54) is 6.08 Å². The number of aromatic nitrogens is 4. The third kappa shape index (κ3) is 5.31. The second kappa shape index (κ2) is 11.4. The molecule has 3 aromatic heterocycles. The number of imidazole rings is 1. The van der Waals surface area contributed by atoms with Gasteiger partial charge in [-0.1, -0.05) is 24.3 Å². The molecule has 1 saturated heterocycles. The number of rotatable bonds is 5. The molecule has 4 aromatic rings. The van der Waals surface area contributed by atoms with Gasteiger partial charge in [0.05, 0.1) is 6.04 Å². The van der Waals surface area contributed by atoms with Gasteiger partial charge in [0.1, 0.15) is 35.0 Å². The molecule has 1 atom stereocenters. The van der Waals surface area contributed by atoms with Gasteiger partial charge in [0.25, 0.3) is 5.91 Å². The highest BCUT2D eigenvalue weighted by molar-refractivity contribution is 6.04. The van der Waals surface area contributed by atoms with Gasteiger partial charge >= 0.3 is 0 Å². The average Bonchev–Trinajstić information content (AvgIpc) is 3.49. The van der Waals surface area contributed by atoms with Gasteiger partial charge in [-0.3, -0.25) is 18.9 Å². The summed E-state index contributed by atoms with van der Waals surface area (Å²) in [4.78, 5) is 37.6. The summed E-state index contributed by atoms with van der Waals surface area (Å²) in [7, 11) is 2.12. The number of allylic oxidation sites excluding steroid dienone is 2. The lowest BCUT2D eigenvalue weighted by atomic mass is 10.1. The van der Waals surface area contributed by atoms with Crippen LogP contribution >= 0.6 is 0 Å². The van der Waals surface area contributed by atoms with Crippen LogP contribution in [0.2, 0.25) is 0 Å². The standard InChI is InChI=1S/C23H23N7O.C4H6O/c1-29-13-4-5-17(29)22-28-19(20-21(24)26-12-14-30(20)22)15-7-9-16(10-8-15)23(31)27-18-6-2-3-11-25-18;1-2-3-4-5/h2-3,6-12,14,17H,4-5,13H2,1H3,(H2,24,26)(H,25,27,31);2-4H,1H3/b;3-2+/t17-;/m0./s1. The number of nitrogens with two attached hydrogens (primary N) is 1. The van der Waals surface area contributed by atoms with Crippen molar-refractivity contribution < 1.29 is 9.59 Å². The van der Waals surface area contributed by atoms with Gasteiger partial charge in [-0.05, 0) is 63.7 Å². The van der Waals surface area contributed by atoms with Crippen molar-refractivity contribution in [3.8, 4) is 11.3 Å². The predicted octanol–water partition coefficient (Wildman–Crippen LogP) is 4.15. The minimum Gasteiger partial charge on any atom is -0.382 e. The monoisotopic (exact) mass is 483 g/mol. The second-order valence-electron chi connectivity index (χ2n) is 8.40. The van der Waals surface area contributed by atoms with Crippen LogP contribution in [0.25, 0.3) is 16.8 Å². The number of likely N-dealkylation sites (tertiary alicyclic amines) is 1. The van der Waals surface area contributed by atoms with Crippen molar-refractivity contribution in [2.45, 2.75) is 25.8 Å². The zero-order chi connectivity index (χ0) is 25.5. The van der Waals surface area contributed by atoms with Gasteiger partial charge in [-0.15, -0.1) is 0 Å². The molecule has 1 aliphatic rings. The van der Waals surface area contributed by atoms with Crippen LogP contribution in [0, 0.1) is 0 Å². The number of pyridine rings is 1. The van der Waals surface area contributed by atoms with Crippen LogP contribution in [-0.2, 0) is 4.79 Å². The van der Waals surface area contributed by atoms with E-state index in [0.29, 0.717) is 17.2 Å². The summed E-state index contributed by atoms with van der Waals surface area (Å²) in [5, 5.41) is 2.80. The molecule has 0 aliphatic carbocycles. The lowest BCUT2D eigenvalue weighted by Crippen LogP contribution is -2.19. The number of nitrogens with one attached hydrogen (secondary N) is 1. The Morgan fingerprint density at radius 1 is 1.14 bits per heavy atom. The van der Waals surface area contributed by atoms with Crippen molar-refractivity contribution in [2.75, 3.05) is 24.6 Å². The number of aldehydes is 1. The molecule has 9 heteroatoms. The van der Waals surface area contributed by atoms with Crippen LogP contribution in [0.4, 0.5) is 11.6 Å². The Morgan fingerprint density at radius 2 is 1.94 bits per heavy atom. The number of fused-ring (bicyclic) bond motifs is 1. The number of carbonyl (C=O) groups is 2. The van der Waals surface area contributed by atoms with Crippen molar-refractivity contribution in [2.24, 2.45) is 0 Å². The largest absolute Gasteiger partial charge is 0.382 e. The van der Waals surface area contributed by atoms with Crippen molar-refractivity contribution in [1.29, 1.82) is 0 Å². The SMILES string of the molecule is C/C=C/C=O.CN1CCC[C@H]1c1nc(-c2ccc(C(=O)Nc3ccccn3)cc2)c2c(N)nccn12. The number of nitrogens with zero attached hydrogens (tertiary/aromatic N) is 5. The molecular weight excluding hydrogens is 454 g/mol. The molecule has 36 heavy (non-hydrogen) atoms. The van der Waals surface area contributed by atoms with Crippen LogP contribution in [0.15, 0.2) is 73.2 Å². The van der Waals surface area contributed by atoms with Gasteiger partial charge in [0.15, 0.2) is 0 Å². The Balaban J connectivity index is 0.000000556. The van der Waals surface area contributed by atoms with E-state index in [2.05, 4.69) is 27.2 Å². The zero-order valence-corrected chi connectivity index (χ0v) is 20.3. The van der Waals surface area contributed by atoms with E-state index in [-0.39, 0.29) is 11.9 Å². The molecule has 5 rings (SSSR count). The van der Waals surface area contributed by atoms with Crippen LogP contribution in [0.5, 0.6) is 0 Å². The quantitative estimate of drug-likeness (QED) is 0.323. The predicted molar refractivity (Wildman–Crippen MR) is 141 cm³/mol. The molecule has 1 aliphatic heterocycles. The van der Waals surface area contributed by atoms with Crippen LogP contribution in [0.1, 0.15) is 42.0 Å². The maximum atomic E-state index is 12.5.